The second-order valence-electron chi connectivity index (χ2n) is 5.29. The molecule has 0 aliphatic carbocycles. The molecule has 0 amide bonds. The quantitative estimate of drug-likeness (QED) is 0.733. The molecule has 2 N–H and O–H groups in total. The molecule has 0 bridgehead atoms. The van der Waals surface area contributed by atoms with Crippen molar-refractivity contribution in [1.82, 2.24) is 5.32 Å². The summed E-state index contributed by atoms with van der Waals surface area (Å²) < 4.78 is 5.23. The highest BCUT2D eigenvalue weighted by atomic mass is 16.5. The molecule has 4 heteroatoms. The number of rotatable bonds is 9. The van der Waals surface area contributed by atoms with E-state index >= 15 is 0 Å². The van der Waals surface area contributed by atoms with Gasteiger partial charge in [0.15, 0.2) is 6.61 Å². The molecule has 116 valence electrons. The van der Waals surface area contributed by atoms with Crippen LogP contribution in [0.25, 0.3) is 0 Å². The summed E-state index contributed by atoms with van der Waals surface area (Å²) in [4.78, 5) is 0. The fraction of sp³-hybridized carbons (Fsp3) is 0.588. The van der Waals surface area contributed by atoms with E-state index in [-0.39, 0.29) is 18.8 Å². The molecule has 0 spiro atoms. The number of nitrogens with one attached hydrogen (secondary N) is 1. The van der Waals surface area contributed by atoms with Gasteiger partial charge in [0.2, 0.25) is 0 Å². The van der Waals surface area contributed by atoms with Crippen molar-refractivity contribution in [2.45, 2.75) is 45.8 Å². The van der Waals surface area contributed by atoms with Gasteiger partial charge >= 0.3 is 0 Å². The molecule has 0 radical (unpaired) electrons. The van der Waals surface area contributed by atoms with Crippen molar-refractivity contribution in [3.63, 3.8) is 0 Å². The molecule has 0 aliphatic rings. The molecule has 0 saturated carbocycles. The average Bonchev–Trinajstić information content (AvgIpc) is 2.52. The van der Waals surface area contributed by atoms with Gasteiger partial charge in [-0.15, -0.1) is 0 Å². The first-order valence-electron chi connectivity index (χ1n) is 7.63. The van der Waals surface area contributed by atoms with E-state index in [4.69, 9.17) is 10.00 Å². The minimum absolute atomic E-state index is 0.0643. The number of nitriles is 1. The summed E-state index contributed by atoms with van der Waals surface area (Å²) in [5, 5.41) is 22.0. The maximum atomic E-state index is 10.1. The summed E-state index contributed by atoms with van der Waals surface area (Å²) in [6.45, 7) is 6.96. The van der Waals surface area contributed by atoms with Crippen LogP contribution in [0.1, 0.15) is 45.2 Å². The van der Waals surface area contributed by atoms with Crippen molar-refractivity contribution in [3.05, 3.63) is 29.8 Å². The summed E-state index contributed by atoms with van der Waals surface area (Å²) in [6, 6.07) is 9.80. The van der Waals surface area contributed by atoms with Crippen LogP contribution in [0.15, 0.2) is 24.3 Å². The second kappa shape index (κ2) is 9.38. The van der Waals surface area contributed by atoms with Crippen LogP contribution in [0, 0.1) is 17.2 Å². The first-order chi connectivity index (χ1) is 10.1. The summed E-state index contributed by atoms with van der Waals surface area (Å²) in [5.41, 5.74) is 1.14. The number of ether oxygens (including phenoxy) is 1. The van der Waals surface area contributed by atoms with Crippen molar-refractivity contribution in [1.29, 1.82) is 5.26 Å². The van der Waals surface area contributed by atoms with E-state index in [2.05, 4.69) is 26.1 Å². The van der Waals surface area contributed by atoms with Crippen LogP contribution in [-0.2, 0) is 0 Å². The molecule has 0 aromatic heterocycles. The van der Waals surface area contributed by atoms with Gasteiger partial charge in [-0.2, -0.15) is 5.26 Å². The topological polar surface area (TPSA) is 65.3 Å². The van der Waals surface area contributed by atoms with E-state index < -0.39 is 0 Å². The Morgan fingerprint density at radius 3 is 2.38 bits per heavy atom. The van der Waals surface area contributed by atoms with Gasteiger partial charge in [-0.3, -0.25) is 0 Å². The van der Waals surface area contributed by atoms with E-state index in [9.17, 15) is 5.11 Å². The Labute approximate surface area is 127 Å². The lowest BCUT2D eigenvalue weighted by Gasteiger charge is -2.23. The standard InChI is InChI=1S/C17H26N2O2/c1-4-14(5-2)17(20)12-19-13(3)15-6-8-16(9-7-15)21-11-10-18/h6-9,13-14,17,19-20H,4-5,11-12H2,1-3H3. The van der Waals surface area contributed by atoms with Crippen molar-refractivity contribution in [2.75, 3.05) is 13.2 Å². The zero-order valence-corrected chi connectivity index (χ0v) is 13.2. The van der Waals surface area contributed by atoms with Gasteiger partial charge in [0.25, 0.3) is 0 Å². The maximum absolute atomic E-state index is 10.1. The van der Waals surface area contributed by atoms with E-state index in [0.717, 1.165) is 18.4 Å². The minimum atomic E-state index is -0.305. The van der Waals surface area contributed by atoms with Gasteiger partial charge in [-0.25, -0.2) is 0 Å². The van der Waals surface area contributed by atoms with E-state index in [1.54, 1.807) is 0 Å². The van der Waals surface area contributed by atoms with Gasteiger partial charge in [0, 0.05) is 12.6 Å². The van der Waals surface area contributed by atoms with Gasteiger partial charge in [0.05, 0.1) is 6.10 Å². The number of hydrogen-bond acceptors (Lipinski definition) is 4. The summed E-state index contributed by atoms with van der Waals surface area (Å²) in [7, 11) is 0. The molecule has 2 atom stereocenters. The van der Waals surface area contributed by atoms with Crippen LogP contribution < -0.4 is 10.1 Å². The molecule has 0 fully saturated rings. The molecular weight excluding hydrogens is 264 g/mol. The Morgan fingerprint density at radius 1 is 1.24 bits per heavy atom. The van der Waals surface area contributed by atoms with Crippen LogP contribution in [0.2, 0.25) is 0 Å². The number of benzene rings is 1. The lowest BCUT2D eigenvalue weighted by Crippen LogP contribution is -2.33. The lowest BCUT2D eigenvalue weighted by molar-refractivity contribution is 0.0989. The van der Waals surface area contributed by atoms with E-state index in [1.807, 2.05) is 30.3 Å². The third-order valence-electron chi connectivity index (χ3n) is 3.91. The smallest absolute Gasteiger partial charge is 0.174 e. The number of aliphatic hydroxyl groups is 1. The third kappa shape index (κ3) is 5.74. The van der Waals surface area contributed by atoms with Crippen LogP contribution in [-0.4, -0.2) is 24.4 Å². The van der Waals surface area contributed by atoms with Gasteiger partial charge in [-0.05, 0) is 30.5 Å². The predicted molar refractivity (Wildman–Crippen MR) is 84.0 cm³/mol. The SMILES string of the molecule is CCC(CC)C(O)CNC(C)c1ccc(OCC#N)cc1. The first kappa shape index (κ1) is 17.5. The molecule has 1 rings (SSSR count). The molecule has 2 unspecified atom stereocenters. The lowest BCUT2D eigenvalue weighted by atomic mass is 9.96. The van der Waals surface area contributed by atoms with Crippen molar-refractivity contribution in [2.24, 2.45) is 5.92 Å². The first-order valence-corrected chi connectivity index (χ1v) is 7.63. The van der Waals surface area contributed by atoms with Crippen molar-refractivity contribution in [3.8, 4) is 11.8 Å². The summed E-state index contributed by atoms with van der Waals surface area (Å²) in [5.74, 6) is 1.05. The largest absolute Gasteiger partial charge is 0.479 e. The van der Waals surface area contributed by atoms with E-state index in [1.165, 1.54) is 0 Å². The molecule has 4 nitrogen and oxygen atoms in total. The Hall–Kier alpha value is -1.57. The zero-order chi connectivity index (χ0) is 15.7. The fourth-order valence-corrected chi connectivity index (χ4v) is 2.38. The summed E-state index contributed by atoms with van der Waals surface area (Å²) in [6.07, 6.45) is 1.69. The van der Waals surface area contributed by atoms with E-state index in [0.29, 0.717) is 18.2 Å². The highest BCUT2D eigenvalue weighted by Crippen LogP contribution is 2.18. The number of aliphatic hydroxyl groups excluding tert-OH is 1. The fourth-order valence-electron chi connectivity index (χ4n) is 2.38. The Bertz CT molecular complexity index is 435. The molecule has 0 saturated heterocycles. The van der Waals surface area contributed by atoms with Gasteiger partial charge in [0.1, 0.15) is 11.8 Å². The van der Waals surface area contributed by atoms with Crippen LogP contribution in [0.3, 0.4) is 0 Å². The minimum Gasteiger partial charge on any atom is -0.479 e. The van der Waals surface area contributed by atoms with Crippen LogP contribution in [0.5, 0.6) is 5.75 Å². The highest BCUT2D eigenvalue weighted by molar-refractivity contribution is 5.29. The van der Waals surface area contributed by atoms with Crippen LogP contribution in [0.4, 0.5) is 0 Å². The van der Waals surface area contributed by atoms with Gasteiger partial charge < -0.3 is 15.2 Å². The Kier molecular flexibility index (Phi) is 7.81. The molecule has 1 aromatic carbocycles. The molecule has 21 heavy (non-hydrogen) atoms. The van der Waals surface area contributed by atoms with Crippen molar-refractivity contribution < 1.29 is 9.84 Å². The molecule has 0 aliphatic heterocycles. The molecule has 0 heterocycles. The number of nitrogens with zero attached hydrogens (tertiary/aromatic N) is 1. The second-order valence-corrected chi connectivity index (χ2v) is 5.29. The number of hydrogen-bond donors (Lipinski definition) is 2. The predicted octanol–water partition coefficient (Wildman–Crippen LogP) is 3.04. The zero-order valence-electron chi connectivity index (χ0n) is 13.2. The molecule has 1 aromatic rings. The normalized spacial score (nSPS) is 13.7. The average molecular weight is 290 g/mol. The maximum Gasteiger partial charge on any atom is 0.174 e. The highest BCUT2D eigenvalue weighted by Gasteiger charge is 2.16. The third-order valence-corrected chi connectivity index (χ3v) is 3.91. The van der Waals surface area contributed by atoms with Crippen molar-refractivity contribution >= 4 is 0 Å². The monoisotopic (exact) mass is 290 g/mol. The van der Waals surface area contributed by atoms with Gasteiger partial charge in [-0.1, -0.05) is 38.8 Å². The summed E-state index contributed by atoms with van der Waals surface area (Å²) >= 11 is 0. The Balaban J connectivity index is 2.48. The Morgan fingerprint density at radius 2 is 1.86 bits per heavy atom. The van der Waals surface area contributed by atoms with Crippen LogP contribution >= 0.6 is 0 Å². The molecular formula is C17H26N2O2.